The predicted molar refractivity (Wildman–Crippen MR) is 114 cm³/mol. The van der Waals surface area contributed by atoms with Crippen LogP contribution in [-0.2, 0) is 0 Å². The van der Waals surface area contributed by atoms with Crippen molar-refractivity contribution in [1.29, 1.82) is 5.26 Å². The van der Waals surface area contributed by atoms with Crippen LogP contribution in [0.5, 0.6) is 5.75 Å². The minimum Gasteiger partial charge on any atom is -0.494 e. The third kappa shape index (κ3) is 4.79. The first kappa shape index (κ1) is 21.5. The Kier molecular flexibility index (Phi) is 6.19. The first-order valence-electron chi connectivity index (χ1n) is 9.53. The third-order valence-corrected chi connectivity index (χ3v) is 5.49. The molecule has 32 heavy (non-hydrogen) atoms. The van der Waals surface area contributed by atoms with Crippen LogP contribution in [-0.4, -0.2) is 33.5 Å². The van der Waals surface area contributed by atoms with Crippen molar-refractivity contribution in [3.8, 4) is 34.8 Å². The molecular weight excluding hydrogens is 438 g/mol. The first-order valence-corrected chi connectivity index (χ1v) is 10.4. The van der Waals surface area contributed by atoms with E-state index < -0.39 is 18.0 Å². The van der Waals surface area contributed by atoms with E-state index in [1.54, 1.807) is 0 Å². The highest BCUT2D eigenvalue weighted by Crippen LogP contribution is 2.35. The molecule has 2 N–H and O–H groups in total. The second kappa shape index (κ2) is 9.20. The Morgan fingerprint density at radius 3 is 2.78 bits per heavy atom. The molecule has 1 atom stereocenters. The van der Waals surface area contributed by atoms with E-state index in [1.165, 1.54) is 31.1 Å². The molecule has 2 aliphatic rings. The summed E-state index contributed by atoms with van der Waals surface area (Å²) in [4.78, 5) is 20.6. The second-order valence-corrected chi connectivity index (χ2v) is 7.99. The molecule has 0 aromatic carbocycles. The number of hydrogen-bond acceptors (Lipinski definition) is 8. The maximum absolute atomic E-state index is 13.2. The maximum Gasteiger partial charge on any atom is 0.280 e. The molecule has 1 unspecified atom stereocenters. The third-order valence-electron chi connectivity index (χ3n) is 4.61. The second-order valence-electron chi connectivity index (χ2n) is 6.90. The number of nitrogens with zero attached hydrogens (tertiary/aromatic N) is 4. The van der Waals surface area contributed by atoms with Crippen molar-refractivity contribution in [2.75, 3.05) is 7.11 Å². The lowest BCUT2D eigenvalue weighted by molar-refractivity contribution is 0.0978. The van der Waals surface area contributed by atoms with E-state index in [-0.39, 0.29) is 33.5 Å². The lowest BCUT2D eigenvalue weighted by Crippen LogP contribution is -2.28. The van der Waals surface area contributed by atoms with E-state index in [0.29, 0.717) is 11.1 Å². The van der Waals surface area contributed by atoms with Crippen LogP contribution in [0.3, 0.4) is 0 Å². The van der Waals surface area contributed by atoms with Crippen molar-refractivity contribution >= 4 is 22.8 Å². The van der Waals surface area contributed by atoms with Gasteiger partial charge >= 0.3 is 0 Å². The minimum atomic E-state index is -2.82. The van der Waals surface area contributed by atoms with Crippen molar-refractivity contribution < 1.29 is 18.3 Å². The Morgan fingerprint density at radius 2 is 2.09 bits per heavy atom. The van der Waals surface area contributed by atoms with Crippen molar-refractivity contribution in [2.24, 2.45) is 11.0 Å². The van der Waals surface area contributed by atoms with E-state index in [2.05, 4.69) is 37.7 Å². The van der Waals surface area contributed by atoms with Gasteiger partial charge in [-0.05, 0) is 36.7 Å². The molecule has 0 radical (unpaired) electrons. The number of aromatic nitrogens is 2. The van der Waals surface area contributed by atoms with Gasteiger partial charge in [-0.25, -0.2) is 13.8 Å². The van der Waals surface area contributed by atoms with Crippen molar-refractivity contribution in [3.05, 3.63) is 41.5 Å². The topological polar surface area (TPSA) is 112 Å². The summed E-state index contributed by atoms with van der Waals surface area (Å²) < 4.78 is 31.7. The van der Waals surface area contributed by atoms with Gasteiger partial charge in [0.05, 0.1) is 18.9 Å². The largest absolute Gasteiger partial charge is 0.494 e. The van der Waals surface area contributed by atoms with Crippen LogP contribution in [0.15, 0.2) is 29.6 Å². The Hall–Kier alpha value is -3.70. The van der Waals surface area contributed by atoms with Crippen LogP contribution >= 0.6 is 11.8 Å². The van der Waals surface area contributed by atoms with Gasteiger partial charge in [-0.3, -0.25) is 20.5 Å². The van der Waals surface area contributed by atoms with Crippen molar-refractivity contribution in [1.82, 2.24) is 20.7 Å². The van der Waals surface area contributed by atoms with Crippen molar-refractivity contribution in [3.63, 3.8) is 0 Å². The summed E-state index contributed by atoms with van der Waals surface area (Å²) in [7, 11) is 1.35. The Morgan fingerprint density at radius 1 is 1.28 bits per heavy atom. The van der Waals surface area contributed by atoms with E-state index in [1.807, 2.05) is 6.07 Å². The van der Waals surface area contributed by atoms with E-state index in [0.717, 1.165) is 25.1 Å². The zero-order valence-corrected chi connectivity index (χ0v) is 17.5. The summed E-state index contributed by atoms with van der Waals surface area (Å²) in [5.74, 6) is 6.24. The van der Waals surface area contributed by atoms with Crippen LogP contribution in [0.4, 0.5) is 8.78 Å². The summed E-state index contributed by atoms with van der Waals surface area (Å²) >= 11 is 1.25. The maximum atomic E-state index is 13.2. The lowest BCUT2D eigenvalue weighted by atomic mass is 9.99. The summed E-state index contributed by atoms with van der Waals surface area (Å²) in [6.07, 6.45) is 1.75. The summed E-state index contributed by atoms with van der Waals surface area (Å²) in [6.45, 7) is 0. The molecule has 8 nitrogen and oxygen atoms in total. The molecule has 2 aromatic heterocycles. The molecule has 1 saturated carbocycles. The number of ether oxygens (including phenoxy) is 1. The molecule has 162 valence electrons. The monoisotopic (exact) mass is 454 g/mol. The van der Waals surface area contributed by atoms with Gasteiger partial charge in [-0.1, -0.05) is 11.8 Å². The number of pyridine rings is 2. The zero-order valence-electron chi connectivity index (χ0n) is 16.7. The van der Waals surface area contributed by atoms with Gasteiger partial charge in [0.25, 0.3) is 12.3 Å². The number of amides is 1. The number of amidine groups is 1. The highest BCUT2D eigenvalue weighted by molar-refractivity contribution is 8.14. The average molecular weight is 454 g/mol. The summed E-state index contributed by atoms with van der Waals surface area (Å²) in [5, 5.41) is 16.0. The number of nitrogens with one attached hydrogen (secondary N) is 2. The summed E-state index contributed by atoms with van der Waals surface area (Å²) in [5.41, 5.74) is 2.82. The molecule has 2 aromatic rings. The van der Waals surface area contributed by atoms with Crippen LogP contribution in [0, 0.1) is 29.1 Å². The number of alkyl halides is 2. The normalized spacial score (nSPS) is 17.0. The van der Waals surface area contributed by atoms with Gasteiger partial charge in [0, 0.05) is 23.2 Å². The summed E-state index contributed by atoms with van der Waals surface area (Å²) in [6, 6.07) is 4.35. The fraction of sp³-hybridized carbons (Fsp3) is 0.286. The number of carbonyl (C=O) groups is 1. The number of thioether (sulfide) groups is 1. The fourth-order valence-electron chi connectivity index (χ4n) is 2.86. The van der Waals surface area contributed by atoms with E-state index in [4.69, 9.17) is 4.74 Å². The van der Waals surface area contributed by atoms with Gasteiger partial charge in [0.2, 0.25) is 0 Å². The highest BCUT2D eigenvalue weighted by Gasteiger charge is 2.25. The molecule has 1 amide bonds. The SMILES string of the molecule is COc1cnc(C(F)F)cc1-c1cc(C#N)ncc1C(=O)NC1=NNC(C#CC2CC2)S1. The molecule has 3 heterocycles. The Labute approximate surface area is 186 Å². The zero-order chi connectivity index (χ0) is 22.7. The van der Waals surface area contributed by atoms with E-state index >= 15 is 0 Å². The molecule has 4 rings (SSSR count). The van der Waals surface area contributed by atoms with Gasteiger partial charge in [0.1, 0.15) is 23.2 Å². The molecular formula is C21H16F2N6O2S. The molecule has 0 spiro atoms. The van der Waals surface area contributed by atoms with Gasteiger partial charge in [-0.15, -0.1) is 0 Å². The Bertz CT molecular complexity index is 1200. The number of hydrogen-bond donors (Lipinski definition) is 2. The number of rotatable bonds is 4. The highest BCUT2D eigenvalue weighted by atomic mass is 32.2. The van der Waals surface area contributed by atoms with Crippen LogP contribution in [0.2, 0.25) is 0 Å². The number of nitriles is 1. The lowest BCUT2D eigenvalue weighted by Gasteiger charge is -2.14. The van der Waals surface area contributed by atoms with Gasteiger partial charge in [-0.2, -0.15) is 10.4 Å². The molecule has 1 fully saturated rings. The molecule has 1 aliphatic heterocycles. The molecule has 0 bridgehead atoms. The first-order chi connectivity index (χ1) is 15.5. The quantitative estimate of drug-likeness (QED) is 0.683. The van der Waals surface area contributed by atoms with Crippen LogP contribution in [0.25, 0.3) is 11.1 Å². The van der Waals surface area contributed by atoms with Gasteiger partial charge in [0.15, 0.2) is 10.5 Å². The van der Waals surface area contributed by atoms with Gasteiger partial charge < -0.3 is 4.74 Å². The smallest absolute Gasteiger partial charge is 0.280 e. The molecule has 11 heteroatoms. The number of methoxy groups -OCH3 is 1. The van der Waals surface area contributed by atoms with Crippen LogP contribution < -0.4 is 15.5 Å². The van der Waals surface area contributed by atoms with Crippen molar-refractivity contribution in [2.45, 2.75) is 24.6 Å². The molecule has 0 saturated heterocycles. The number of carbonyl (C=O) groups excluding carboxylic acids is 1. The minimum absolute atomic E-state index is 0.0127. The average Bonchev–Trinajstić information content (AvgIpc) is 3.54. The van der Waals surface area contributed by atoms with E-state index in [9.17, 15) is 18.8 Å². The number of halogens is 2. The predicted octanol–water partition coefficient (Wildman–Crippen LogP) is 3.04. The molecule has 1 aliphatic carbocycles. The fourth-order valence-corrected chi connectivity index (χ4v) is 3.57. The van der Waals surface area contributed by atoms with Crippen LogP contribution in [0.1, 0.15) is 41.0 Å². The number of hydrazone groups is 1. The Balaban J connectivity index is 1.63. The standard InChI is InChI=1S/C21H16F2N6O2S/c1-31-17-10-26-16(19(22)23)7-14(17)13-6-12(8-24)25-9-15(13)20(30)27-21-29-28-18(32-21)5-4-11-2-3-11/h6-7,9-11,18-19,28H,2-3H2,1H3,(H,27,29,30).